The summed E-state index contributed by atoms with van der Waals surface area (Å²) in [6, 6.07) is 7.00. The molecular formula is C17H19ClN4O2. The Morgan fingerprint density at radius 2 is 2.29 bits per heavy atom. The standard InChI is InChI=1S/C17H19ClN4O2/c1-11-13(18)5-2-6-14(11)22-17(23)15-8-16(21-10-20-15)19-9-12-4-3-7-24-12/h2,5-6,8,10,12H,3-4,7,9H2,1H3,(H,22,23)(H,19,20,21). The molecule has 1 amide bonds. The van der Waals surface area contributed by atoms with Gasteiger partial charge < -0.3 is 15.4 Å². The van der Waals surface area contributed by atoms with E-state index in [1.807, 2.05) is 6.92 Å². The lowest BCUT2D eigenvalue weighted by molar-refractivity contribution is 0.102. The first-order chi connectivity index (χ1) is 11.6. The number of halogens is 1. The molecule has 0 aliphatic carbocycles. The van der Waals surface area contributed by atoms with Crippen molar-refractivity contribution < 1.29 is 9.53 Å². The van der Waals surface area contributed by atoms with Crippen LogP contribution in [0.25, 0.3) is 0 Å². The molecule has 6 nitrogen and oxygen atoms in total. The SMILES string of the molecule is Cc1c(Cl)cccc1NC(=O)c1cc(NCC2CCCO2)ncn1. The van der Waals surface area contributed by atoms with Crippen LogP contribution in [-0.2, 0) is 4.74 Å². The van der Waals surface area contributed by atoms with Crippen molar-refractivity contribution in [3.8, 4) is 0 Å². The molecule has 2 heterocycles. The van der Waals surface area contributed by atoms with Crippen molar-refractivity contribution in [1.29, 1.82) is 0 Å². The van der Waals surface area contributed by atoms with Crippen molar-refractivity contribution in [3.63, 3.8) is 0 Å². The molecule has 1 aromatic heterocycles. The van der Waals surface area contributed by atoms with E-state index in [0.29, 0.717) is 28.8 Å². The molecule has 126 valence electrons. The largest absolute Gasteiger partial charge is 0.376 e. The molecule has 1 atom stereocenters. The predicted octanol–water partition coefficient (Wildman–Crippen LogP) is 3.28. The Balaban J connectivity index is 1.66. The van der Waals surface area contributed by atoms with Crippen LogP contribution in [0, 0.1) is 6.92 Å². The number of ether oxygens (including phenoxy) is 1. The van der Waals surface area contributed by atoms with Crippen molar-refractivity contribution in [2.24, 2.45) is 0 Å². The van der Waals surface area contributed by atoms with E-state index < -0.39 is 0 Å². The van der Waals surface area contributed by atoms with E-state index in [4.69, 9.17) is 16.3 Å². The van der Waals surface area contributed by atoms with Crippen molar-refractivity contribution in [3.05, 3.63) is 46.9 Å². The van der Waals surface area contributed by atoms with Gasteiger partial charge in [-0.05, 0) is 37.5 Å². The first kappa shape index (κ1) is 16.7. The van der Waals surface area contributed by atoms with Crippen LogP contribution >= 0.6 is 11.6 Å². The highest BCUT2D eigenvalue weighted by atomic mass is 35.5. The lowest BCUT2D eigenvalue weighted by Gasteiger charge is -2.12. The van der Waals surface area contributed by atoms with E-state index in [2.05, 4.69) is 20.6 Å². The number of amides is 1. The molecule has 0 bridgehead atoms. The minimum atomic E-state index is -0.303. The fourth-order valence-electron chi connectivity index (χ4n) is 2.53. The summed E-state index contributed by atoms with van der Waals surface area (Å²) in [5, 5.41) is 6.62. The van der Waals surface area contributed by atoms with Gasteiger partial charge in [0.15, 0.2) is 0 Å². The molecule has 1 fully saturated rings. The summed E-state index contributed by atoms with van der Waals surface area (Å²) in [7, 11) is 0. The highest BCUT2D eigenvalue weighted by molar-refractivity contribution is 6.31. The van der Waals surface area contributed by atoms with Crippen LogP contribution in [0.3, 0.4) is 0 Å². The van der Waals surface area contributed by atoms with Gasteiger partial charge in [-0.1, -0.05) is 17.7 Å². The molecule has 2 N–H and O–H groups in total. The highest BCUT2D eigenvalue weighted by Gasteiger charge is 2.16. The minimum Gasteiger partial charge on any atom is -0.376 e. The molecular weight excluding hydrogens is 328 g/mol. The van der Waals surface area contributed by atoms with Crippen molar-refractivity contribution in [2.75, 3.05) is 23.8 Å². The molecule has 1 unspecified atom stereocenters. The van der Waals surface area contributed by atoms with E-state index in [1.54, 1.807) is 24.3 Å². The number of benzene rings is 1. The Kier molecular flexibility index (Phi) is 5.27. The third-order valence-electron chi connectivity index (χ3n) is 3.95. The van der Waals surface area contributed by atoms with Crippen molar-refractivity contribution in [2.45, 2.75) is 25.9 Å². The van der Waals surface area contributed by atoms with Gasteiger partial charge in [0, 0.05) is 29.9 Å². The van der Waals surface area contributed by atoms with Gasteiger partial charge in [-0.2, -0.15) is 0 Å². The number of carbonyl (C=O) groups excluding carboxylic acids is 1. The maximum atomic E-state index is 12.4. The summed E-state index contributed by atoms with van der Waals surface area (Å²) >= 11 is 6.07. The van der Waals surface area contributed by atoms with Gasteiger partial charge in [-0.15, -0.1) is 0 Å². The summed E-state index contributed by atoms with van der Waals surface area (Å²) in [4.78, 5) is 20.6. The number of hydrogen-bond donors (Lipinski definition) is 2. The Morgan fingerprint density at radius 3 is 3.08 bits per heavy atom. The molecule has 2 aromatic rings. The second-order valence-electron chi connectivity index (χ2n) is 5.67. The first-order valence-corrected chi connectivity index (χ1v) is 8.25. The highest BCUT2D eigenvalue weighted by Crippen LogP contribution is 2.23. The Labute approximate surface area is 145 Å². The zero-order valence-corrected chi connectivity index (χ0v) is 14.1. The number of carbonyl (C=O) groups is 1. The average Bonchev–Trinajstić information content (AvgIpc) is 3.11. The van der Waals surface area contributed by atoms with Gasteiger partial charge in [-0.25, -0.2) is 9.97 Å². The van der Waals surface area contributed by atoms with Crippen LogP contribution in [0.2, 0.25) is 5.02 Å². The molecule has 1 aliphatic rings. The first-order valence-electron chi connectivity index (χ1n) is 7.87. The van der Waals surface area contributed by atoms with Gasteiger partial charge in [0.05, 0.1) is 6.10 Å². The molecule has 0 spiro atoms. The van der Waals surface area contributed by atoms with Crippen LogP contribution in [0.15, 0.2) is 30.6 Å². The van der Waals surface area contributed by atoms with Crippen LogP contribution < -0.4 is 10.6 Å². The summed E-state index contributed by atoms with van der Waals surface area (Å²) in [5.41, 5.74) is 1.78. The summed E-state index contributed by atoms with van der Waals surface area (Å²) in [5.74, 6) is 0.302. The monoisotopic (exact) mass is 346 g/mol. The van der Waals surface area contributed by atoms with Crippen LogP contribution in [-0.4, -0.2) is 35.1 Å². The van der Waals surface area contributed by atoms with Crippen LogP contribution in [0.4, 0.5) is 11.5 Å². The lowest BCUT2D eigenvalue weighted by Crippen LogP contribution is -2.20. The summed E-state index contributed by atoms with van der Waals surface area (Å²) in [6.45, 7) is 3.33. The average molecular weight is 347 g/mol. The third kappa shape index (κ3) is 4.01. The number of anilines is 2. The van der Waals surface area contributed by atoms with Crippen molar-refractivity contribution >= 4 is 29.0 Å². The zero-order chi connectivity index (χ0) is 16.9. The molecule has 1 saturated heterocycles. The van der Waals surface area contributed by atoms with Crippen molar-refractivity contribution in [1.82, 2.24) is 9.97 Å². The summed E-state index contributed by atoms with van der Waals surface area (Å²) in [6.07, 6.45) is 3.70. The van der Waals surface area contributed by atoms with Gasteiger partial charge >= 0.3 is 0 Å². The molecule has 1 aliphatic heterocycles. The number of rotatable bonds is 5. The molecule has 1 aromatic carbocycles. The third-order valence-corrected chi connectivity index (χ3v) is 4.36. The van der Waals surface area contributed by atoms with Crippen LogP contribution in [0.1, 0.15) is 28.9 Å². The minimum absolute atomic E-state index is 0.200. The maximum Gasteiger partial charge on any atom is 0.274 e. The van der Waals surface area contributed by atoms with E-state index in [9.17, 15) is 4.79 Å². The van der Waals surface area contributed by atoms with E-state index in [0.717, 1.165) is 25.0 Å². The molecule has 0 saturated carbocycles. The number of nitrogens with one attached hydrogen (secondary N) is 2. The smallest absolute Gasteiger partial charge is 0.274 e. The number of nitrogens with zero attached hydrogens (tertiary/aromatic N) is 2. The number of aromatic nitrogens is 2. The second kappa shape index (κ2) is 7.59. The van der Waals surface area contributed by atoms with Gasteiger partial charge in [0.25, 0.3) is 5.91 Å². The Hall–Kier alpha value is -2.18. The van der Waals surface area contributed by atoms with Gasteiger partial charge in [0.1, 0.15) is 17.8 Å². The molecule has 7 heteroatoms. The van der Waals surface area contributed by atoms with Gasteiger partial charge in [-0.3, -0.25) is 4.79 Å². The lowest BCUT2D eigenvalue weighted by atomic mass is 10.2. The topological polar surface area (TPSA) is 76.1 Å². The van der Waals surface area contributed by atoms with E-state index in [-0.39, 0.29) is 12.0 Å². The van der Waals surface area contributed by atoms with Gasteiger partial charge in [0.2, 0.25) is 0 Å². The fraction of sp³-hybridized carbons (Fsp3) is 0.353. The van der Waals surface area contributed by atoms with E-state index >= 15 is 0 Å². The quantitative estimate of drug-likeness (QED) is 0.868. The summed E-state index contributed by atoms with van der Waals surface area (Å²) < 4.78 is 5.56. The number of hydrogen-bond acceptors (Lipinski definition) is 5. The molecule has 3 rings (SSSR count). The second-order valence-corrected chi connectivity index (χ2v) is 6.08. The van der Waals surface area contributed by atoms with E-state index in [1.165, 1.54) is 6.33 Å². The normalized spacial score (nSPS) is 16.8. The predicted molar refractivity (Wildman–Crippen MR) is 93.6 cm³/mol. The Bertz CT molecular complexity index is 732. The fourth-order valence-corrected chi connectivity index (χ4v) is 2.71. The Morgan fingerprint density at radius 1 is 1.42 bits per heavy atom. The molecule has 0 radical (unpaired) electrons. The molecule has 24 heavy (non-hydrogen) atoms. The maximum absolute atomic E-state index is 12.4. The van der Waals surface area contributed by atoms with Crippen LogP contribution in [0.5, 0.6) is 0 Å². The zero-order valence-electron chi connectivity index (χ0n) is 13.4.